The molecule has 0 radical (unpaired) electrons. The fraction of sp³-hybridized carbons (Fsp3) is 0.522. The number of aromatic nitrogens is 1. The molecule has 29 heavy (non-hydrogen) atoms. The molecule has 1 aromatic heterocycles. The van der Waals surface area contributed by atoms with Crippen molar-refractivity contribution in [2.45, 2.75) is 38.8 Å². The van der Waals surface area contributed by atoms with Gasteiger partial charge in [-0.05, 0) is 43.0 Å². The zero-order chi connectivity index (χ0) is 20.2. The molecule has 2 fully saturated rings. The van der Waals surface area contributed by atoms with Gasteiger partial charge in [0.2, 0.25) is 0 Å². The number of nitrogens with one attached hydrogen (secondary N) is 1. The van der Waals surface area contributed by atoms with E-state index in [-0.39, 0.29) is 11.9 Å². The Labute approximate surface area is 172 Å². The molecule has 2 aromatic rings. The number of piperidine rings is 1. The topological polar surface area (TPSA) is 40.6 Å². The van der Waals surface area contributed by atoms with Crippen molar-refractivity contribution >= 4 is 17.2 Å². The van der Waals surface area contributed by atoms with Gasteiger partial charge in [-0.15, -0.1) is 0 Å². The van der Waals surface area contributed by atoms with E-state index in [9.17, 15) is 4.39 Å². The van der Waals surface area contributed by atoms with Crippen LogP contribution in [-0.2, 0) is 4.74 Å². The predicted molar refractivity (Wildman–Crippen MR) is 116 cm³/mol. The highest BCUT2D eigenvalue weighted by molar-refractivity contribution is 5.55. The molecule has 156 valence electrons. The van der Waals surface area contributed by atoms with Gasteiger partial charge in [0, 0.05) is 55.9 Å². The van der Waals surface area contributed by atoms with E-state index in [1.54, 1.807) is 12.1 Å². The van der Waals surface area contributed by atoms with Crippen LogP contribution in [0.15, 0.2) is 42.6 Å². The van der Waals surface area contributed by atoms with E-state index in [1.807, 2.05) is 12.3 Å². The molecule has 0 amide bonds. The van der Waals surface area contributed by atoms with Gasteiger partial charge in [0.15, 0.2) is 0 Å². The lowest BCUT2D eigenvalue weighted by Crippen LogP contribution is -2.45. The van der Waals surface area contributed by atoms with Crippen molar-refractivity contribution in [1.29, 1.82) is 0 Å². The molecule has 5 nitrogen and oxygen atoms in total. The van der Waals surface area contributed by atoms with E-state index in [1.165, 1.54) is 11.8 Å². The third kappa shape index (κ3) is 4.99. The van der Waals surface area contributed by atoms with Crippen LogP contribution in [0.5, 0.6) is 0 Å². The number of halogens is 1. The fourth-order valence-corrected chi connectivity index (χ4v) is 4.22. The molecule has 1 aromatic carbocycles. The van der Waals surface area contributed by atoms with Gasteiger partial charge in [0.1, 0.15) is 11.6 Å². The summed E-state index contributed by atoms with van der Waals surface area (Å²) < 4.78 is 19.5. The molecule has 6 heteroatoms. The lowest BCUT2D eigenvalue weighted by atomic mass is 10.0. The van der Waals surface area contributed by atoms with Crippen molar-refractivity contribution in [2.24, 2.45) is 5.92 Å². The zero-order valence-electron chi connectivity index (χ0n) is 17.4. The van der Waals surface area contributed by atoms with Crippen LogP contribution < -0.4 is 15.1 Å². The summed E-state index contributed by atoms with van der Waals surface area (Å²) in [5.74, 6) is 1.23. The number of morpholine rings is 1. The van der Waals surface area contributed by atoms with Gasteiger partial charge in [-0.25, -0.2) is 9.37 Å². The van der Waals surface area contributed by atoms with Crippen LogP contribution in [0, 0.1) is 11.7 Å². The smallest absolute Gasteiger partial charge is 0.128 e. The van der Waals surface area contributed by atoms with Crippen LogP contribution in [0.25, 0.3) is 0 Å². The number of hydrogen-bond acceptors (Lipinski definition) is 5. The monoisotopic (exact) mass is 398 g/mol. The lowest BCUT2D eigenvalue weighted by molar-refractivity contribution is 0.0114. The summed E-state index contributed by atoms with van der Waals surface area (Å²) in [6.45, 7) is 8.81. The van der Waals surface area contributed by atoms with E-state index >= 15 is 0 Å². The van der Waals surface area contributed by atoms with Gasteiger partial charge < -0.3 is 19.9 Å². The predicted octanol–water partition coefficient (Wildman–Crippen LogP) is 4.16. The van der Waals surface area contributed by atoms with Gasteiger partial charge in [0.25, 0.3) is 0 Å². The minimum absolute atomic E-state index is 0.183. The van der Waals surface area contributed by atoms with Gasteiger partial charge in [-0.1, -0.05) is 19.9 Å². The Bertz CT molecular complexity index is 815. The van der Waals surface area contributed by atoms with Gasteiger partial charge in [0.05, 0.1) is 12.7 Å². The van der Waals surface area contributed by atoms with E-state index in [0.29, 0.717) is 12.0 Å². The molecule has 2 aliphatic rings. The van der Waals surface area contributed by atoms with E-state index in [0.717, 1.165) is 57.1 Å². The summed E-state index contributed by atoms with van der Waals surface area (Å²) in [5, 5.41) is 3.60. The molecule has 0 aliphatic carbocycles. The second-order valence-corrected chi connectivity index (χ2v) is 8.41. The number of benzene rings is 1. The summed E-state index contributed by atoms with van der Waals surface area (Å²) in [5.41, 5.74) is 2.14. The van der Waals surface area contributed by atoms with Crippen LogP contribution in [-0.4, -0.2) is 49.9 Å². The summed E-state index contributed by atoms with van der Waals surface area (Å²) in [7, 11) is 0. The first-order chi connectivity index (χ1) is 14.1. The molecule has 1 N–H and O–H groups in total. The first-order valence-corrected chi connectivity index (χ1v) is 10.7. The Morgan fingerprint density at radius 1 is 1.10 bits per heavy atom. The molecule has 2 aliphatic heterocycles. The molecule has 2 saturated heterocycles. The Hall–Kier alpha value is -2.34. The Morgan fingerprint density at radius 3 is 2.76 bits per heavy atom. The molecular weight excluding hydrogens is 367 g/mol. The molecule has 3 heterocycles. The fourth-order valence-electron chi connectivity index (χ4n) is 4.22. The standard InChI is InChI=1S/C23H31FN4O/c1-17(2)22-16-28(11-12-29-22)21-8-9-25-23(14-21)26-19-6-4-10-27(15-19)20-7-3-5-18(24)13-20/h3,5,7-9,13-14,17,19,22H,4,6,10-12,15-16H2,1-2H3,(H,25,26)/t19-,22?/m1/s1. The van der Waals surface area contributed by atoms with Crippen molar-refractivity contribution < 1.29 is 9.13 Å². The second kappa shape index (κ2) is 8.99. The van der Waals surface area contributed by atoms with E-state index < -0.39 is 0 Å². The summed E-state index contributed by atoms with van der Waals surface area (Å²) >= 11 is 0. The molecule has 0 saturated carbocycles. The van der Waals surface area contributed by atoms with Crippen LogP contribution in [0.3, 0.4) is 0 Å². The third-order valence-electron chi connectivity index (χ3n) is 5.89. The minimum atomic E-state index is -0.183. The third-order valence-corrected chi connectivity index (χ3v) is 5.89. The van der Waals surface area contributed by atoms with Crippen molar-refractivity contribution in [2.75, 3.05) is 47.9 Å². The molecule has 2 atom stereocenters. The second-order valence-electron chi connectivity index (χ2n) is 8.41. The average molecular weight is 399 g/mol. The van der Waals surface area contributed by atoms with Gasteiger partial charge in [-0.3, -0.25) is 0 Å². The largest absolute Gasteiger partial charge is 0.374 e. The van der Waals surface area contributed by atoms with Crippen molar-refractivity contribution in [1.82, 2.24) is 4.98 Å². The number of pyridine rings is 1. The summed E-state index contributed by atoms with van der Waals surface area (Å²) in [6, 6.07) is 11.4. The highest BCUT2D eigenvalue weighted by Crippen LogP contribution is 2.25. The first-order valence-electron chi connectivity index (χ1n) is 10.7. The van der Waals surface area contributed by atoms with Gasteiger partial charge >= 0.3 is 0 Å². The maximum atomic E-state index is 13.6. The molecular formula is C23H31FN4O. The Morgan fingerprint density at radius 2 is 1.93 bits per heavy atom. The highest BCUT2D eigenvalue weighted by atomic mass is 19.1. The van der Waals surface area contributed by atoms with Gasteiger partial charge in [-0.2, -0.15) is 0 Å². The maximum Gasteiger partial charge on any atom is 0.128 e. The SMILES string of the molecule is CC(C)C1CN(c2ccnc(N[C@@H]3CCCN(c4cccc(F)c4)C3)c2)CCO1. The number of anilines is 3. The van der Waals surface area contributed by atoms with E-state index in [2.05, 4.69) is 46.1 Å². The lowest BCUT2D eigenvalue weighted by Gasteiger charge is -2.37. The molecule has 4 rings (SSSR count). The number of ether oxygens (including phenoxy) is 1. The summed E-state index contributed by atoms with van der Waals surface area (Å²) in [6.07, 6.45) is 4.31. The highest BCUT2D eigenvalue weighted by Gasteiger charge is 2.24. The normalized spacial score (nSPS) is 22.8. The Kier molecular flexibility index (Phi) is 6.19. The number of nitrogens with zero attached hydrogens (tertiary/aromatic N) is 3. The summed E-state index contributed by atoms with van der Waals surface area (Å²) in [4.78, 5) is 9.19. The molecule has 1 unspecified atom stereocenters. The minimum Gasteiger partial charge on any atom is -0.374 e. The van der Waals surface area contributed by atoms with Crippen molar-refractivity contribution in [3.8, 4) is 0 Å². The number of hydrogen-bond donors (Lipinski definition) is 1. The average Bonchev–Trinajstić information content (AvgIpc) is 2.74. The van der Waals surface area contributed by atoms with Crippen LogP contribution in [0.1, 0.15) is 26.7 Å². The quantitative estimate of drug-likeness (QED) is 0.819. The Balaban J connectivity index is 1.41. The van der Waals surface area contributed by atoms with E-state index in [4.69, 9.17) is 4.74 Å². The number of rotatable bonds is 5. The maximum absolute atomic E-state index is 13.6. The van der Waals surface area contributed by atoms with Crippen molar-refractivity contribution in [3.63, 3.8) is 0 Å². The zero-order valence-corrected chi connectivity index (χ0v) is 17.4. The molecule has 0 spiro atoms. The van der Waals surface area contributed by atoms with Crippen molar-refractivity contribution in [3.05, 3.63) is 48.4 Å². The molecule has 0 bridgehead atoms. The van der Waals surface area contributed by atoms with Crippen LogP contribution in [0.4, 0.5) is 21.6 Å². The van der Waals surface area contributed by atoms with Crippen LogP contribution >= 0.6 is 0 Å². The van der Waals surface area contributed by atoms with Crippen LogP contribution in [0.2, 0.25) is 0 Å². The first kappa shape index (κ1) is 20.0.